The third-order valence-corrected chi connectivity index (χ3v) is 4.60. The molecule has 0 unspecified atom stereocenters. The summed E-state index contributed by atoms with van der Waals surface area (Å²) in [5.74, 6) is -2.26. The predicted octanol–water partition coefficient (Wildman–Crippen LogP) is 4.45. The van der Waals surface area contributed by atoms with Gasteiger partial charge < -0.3 is 10.3 Å². The molecule has 0 spiro atoms. The molecular weight excluding hydrogens is 334 g/mol. The standard InChI is InChI=1S/C21H20F2N2O/c1-3-18-20(15-7-5-4-6-8-15)19(21(24)26)13(2)25(18)12-14-9-10-16(22)17(23)11-14/h4-11H,3,12H2,1-2H3,(H2,24,26). The molecule has 0 saturated carbocycles. The van der Waals surface area contributed by atoms with E-state index in [1.807, 2.05) is 48.7 Å². The van der Waals surface area contributed by atoms with Crippen LogP contribution in [0.3, 0.4) is 0 Å². The van der Waals surface area contributed by atoms with Crippen LogP contribution in [-0.4, -0.2) is 10.5 Å². The van der Waals surface area contributed by atoms with Gasteiger partial charge in [-0.15, -0.1) is 0 Å². The van der Waals surface area contributed by atoms with Gasteiger partial charge in [0.15, 0.2) is 11.6 Å². The van der Waals surface area contributed by atoms with E-state index in [2.05, 4.69) is 0 Å². The number of carbonyl (C=O) groups is 1. The number of carbonyl (C=O) groups excluding carboxylic acids is 1. The summed E-state index contributed by atoms with van der Waals surface area (Å²) in [7, 11) is 0. The number of amides is 1. The first-order valence-corrected chi connectivity index (χ1v) is 8.45. The van der Waals surface area contributed by atoms with Gasteiger partial charge in [-0.05, 0) is 36.6 Å². The van der Waals surface area contributed by atoms with Gasteiger partial charge in [0, 0.05) is 23.5 Å². The summed E-state index contributed by atoms with van der Waals surface area (Å²) in [4.78, 5) is 12.1. The van der Waals surface area contributed by atoms with Crippen LogP contribution < -0.4 is 5.73 Å². The molecule has 0 atom stereocenters. The Morgan fingerprint density at radius 3 is 2.35 bits per heavy atom. The van der Waals surface area contributed by atoms with Gasteiger partial charge in [-0.2, -0.15) is 0 Å². The van der Waals surface area contributed by atoms with Gasteiger partial charge in [-0.3, -0.25) is 4.79 Å². The fourth-order valence-electron chi connectivity index (χ4n) is 3.42. The Balaban J connectivity index is 2.19. The molecule has 1 heterocycles. The van der Waals surface area contributed by atoms with E-state index in [-0.39, 0.29) is 0 Å². The van der Waals surface area contributed by atoms with Crippen molar-refractivity contribution in [3.05, 3.63) is 82.7 Å². The minimum absolute atomic E-state index is 0.333. The van der Waals surface area contributed by atoms with Crippen molar-refractivity contribution in [1.29, 1.82) is 0 Å². The number of nitrogens with two attached hydrogens (primary N) is 1. The Labute approximate surface area is 151 Å². The minimum Gasteiger partial charge on any atom is -0.366 e. The minimum atomic E-state index is -0.885. The Kier molecular flexibility index (Phi) is 4.89. The highest BCUT2D eigenvalue weighted by molar-refractivity contribution is 6.02. The number of aromatic nitrogens is 1. The lowest BCUT2D eigenvalue weighted by Gasteiger charge is -2.12. The van der Waals surface area contributed by atoms with Crippen LogP contribution in [0.5, 0.6) is 0 Å². The smallest absolute Gasteiger partial charge is 0.251 e. The van der Waals surface area contributed by atoms with Gasteiger partial charge in [0.25, 0.3) is 5.91 Å². The zero-order valence-corrected chi connectivity index (χ0v) is 14.7. The second-order valence-electron chi connectivity index (χ2n) is 6.20. The highest BCUT2D eigenvalue weighted by atomic mass is 19.2. The van der Waals surface area contributed by atoms with Crippen LogP contribution in [-0.2, 0) is 13.0 Å². The van der Waals surface area contributed by atoms with Crippen molar-refractivity contribution in [2.45, 2.75) is 26.8 Å². The number of nitrogens with zero attached hydrogens (tertiary/aromatic N) is 1. The van der Waals surface area contributed by atoms with Gasteiger partial charge in [0.05, 0.1) is 5.56 Å². The maximum absolute atomic E-state index is 13.6. The summed E-state index contributed by atoms with van der Waals surface area (Å²) in [5, 5.41) is 0. The SMILES string of the molecule is CCc1c(-c2ccccc2)c(C(N)=O)c(C)n1Cc1ccc(F)c(F)c1. The summed E-state index contributed by atoms with van der Waals surface area (Å²) in [5.41, 5.74) is 10.1. The Hall–Kier alpha value is -2.95. The van der Waals surface area contributed by atoms with Crippen LogP contribution in [0.2, 0.25) is 0 Å². The first kappa shape index (κ1) is 17.9. The zero-order valence-electron chi connectivity index (χ0n) is 14.7. The van der Waals surface area contributed by atoms with Crippen LogP contribution in [0.15, 0.2) is 48.5 Å². The van der Waals surface area contributed by atoms with Crippen molar-refractivity contribution in [3.63, 3.8) is 0 Å². The average Bonchev–Trinajstić information content (AvgIpc) is 2.91. The quantitative estimate of drug-likeness (QED) is 0.723. The predicted molar refractivity (Wildman–Crippen MR) is 98.0 cm³/mol. The van der Waals surface area contributed by atoms with Crippen molar-refractivity contribution < 1.29 is 13.6 Å². The molecule has 134 valence electrons. The third kappa shape index (κ3) is 3.12. The fourth-order valence-corrected chi connectivity index (χ4v) is 3.42. The number of hydrogen-bond acceptors (Lipinski definition) is 1. The van der Waals surface area contributed by atoms with Crippen molar-refractivity contribution in [1.82, 2.24) is 4.57 Å². The Bertz CT molecular complexity index is 962. The number of benzene rings is 2. The molecule has 3 nitrogen and oxygen atoms in total. The molecule has 1 aromatic heterocycles. The molecule has 0 aliphatic rings. The van der Waals surface area contributed by atoms with Gasteiger partial charge in [-0.25, -0.2) is 8.78 Å². The maximum atomic E-state index is 13.6. The van der Waals surface area contributed by atoms with E-state index in [0.717, 1.165) is 28.6 Å². The number of halogens is 2. The molecule has 0 bridgehead atoms. The van der Waals surface area contributed by atoms with E-state index in [9.17, 15) is 13.6 Å². The molecule has 0 fully saturated rings. The lowest BCUT2D eigenvalue weighted by molar-refractivity contribution is 0.1000. The van der Waals surface area contributed by atoms with E-state index >= 15 is 0 Å². The zero-order chi connectivity index (χ0) is 18.8. The molecule has 0 aliphatic carbocycles. The molecule has 2 N–H and O–H groups in total. The summed E-state index contributed by atoms with van der Waals surface area (Å²) in [6.07, 6.45) is 0.669. The summed E-state index contributed by atoms with van der Waals surface area (Å²) >= 11 is 0. The van der Waals surface area contributed by atoms with Crippen molar-refractivity contribution in [2.24, 2.45) is 5.73 Å². The average molecular weight is 354 g/mol. The second kappa shape index (κ2) is 7.12. The number of primary amides is 1. The van der Waals surface area contributed by atoms with Crippen LogP contribution in [0.1, 0.15) is 34.2 Å². The first-order chi connectivity index (χ1) is 12.4. The van der Waals surface area contributed by atoms with Crippen molar-refractivity contribution in [3.8, 4) is 11.1 Å². The first-order valence-electron chi connectivity index (χ1n) is 8.45. The summed E-state index contributed by atoms with van der Waals surface area (Å²) in [6.45, 7) is 4.15. The monoisotopic (exact) mass is 354 g/mol. The van der Waals surface area contributed by atoms with Crippen LogP contribution in [0.25, 0.3) is 11.1 Å². The van der Waals surface area contributed by atoms with Gasteiger partial charge in [-0.1, -0.05) is 43.3 Å². The molecule has 0 aliphatic heterocycles. The molecule has 2 aromatic carbocycles. The number of rotatable bonds is 5. The highest BCUT2D eigenvalue weighted by Gasteiger charge is 2.24. The van der Waals surface area contributed by atoms with E-state index in [1.165, 1.54) is 6.07 Å². The van der Waals surface area contributed by atoms with Crippen LogP contribution in [0, 0.1) is 18.6 Å². The molecule has 0 radical (unpaired) electrons. The lowest BCUT2D eigenvalue weighted by atomic mass is 9.99. The normalized spacial score (nSPS) is 10.9. The van der Waals surface area contributed by atoms with E-state index in [1.54, 1.807) is 6.07 Å². The second-order valence-corrected chi connectivity index (χ2v) is 6.20. The summed E-state index contributed by atoms with van der Waals surface area (Å²) < 4.78 is 28.8. The Morgan fingerprint density at radius 2 is 1.77 bits per heavy atom. The third-order valence-electron chi connectivity index (χ3n) is 4.60. The number of hydrogen-bond donors (Lipinski definition) is 1. The van der Waals surface area contributed by atoms with Crippen LogP contribution >= 0.6 is 0 Å². The molecule has 3 aromatic rings. The molecule has 0 saturated heterocycles. The van der Waals surface area contributed by atoms with Crippen molar-refractivity contribution in [2.75, 3.05) is 0 Å². The van der Waals surface area contributed by atoms with Gasteiger partial charge in [0.1, 0.15) is 0 Å². The topological polar surface area (TPSA) is 48.0 Å². The van der Waals surface area contributed by atoms with Gasteiger partial charge >= 0.3 is 0 Å². The van der Waals surface area contributed by atoms with E-state index in [4.69, 9.17) is 5.73 Å². The van der Waals surface area contributed by atoms with Gasteiger partial charge in [0.2, 0.25) is 0 Å². The van der Waals surface area contributed by atoms with E-state index in [0.29, 0.717) is 24.1 Å². The largest absolute Gasteiger partial charge is 0.366 e. The molecule has 26 heavy (non-hydrogen) atoms. The van der Waals surface area contributed by atoms with Crippen LogP contribution in [0.4, 0.5) is 8.78 Å². The molecule has 1 amide bonds. The highest BCUT2D eigenvalue weighted by Crippen LogP contribution is 2.33. The molecule has 5 heteroatoms. The fraction of sp³-hybridized carbons (Fsp3) is 0.190. The van der Waals surface area contributed by atoms with Crippen molar-refractivity contribution >= 4 is 5.91 Å². The maximum Gasteiger partial charge on any atom is 0.251 e. The lowest BCUT2D eigenvalue weighted by Crippen LogP contribution is -2.13. The molecule has 3 rings (SSSR count). The van der Waals surface area contributed by atoms with E-state index < -0.39 is 17.5 Å². The Morgan fingerprint density at radius 1 is 1.08 bits per heavy atom. The molecular formula is C21H20F2N2O. The summed E-state index contributed by atoms with van der Waals surface area (Å²) in [6, 6.07) is 13.4.